The lowest BCUT2D eigenvalue weighted by atomic mass is 9.82. The zero-order chi connectivity index (χ0) is 23.5. The van der Waals surface area contributed by atoms with Gasteiger partial charge >= 0.3 is 0 Å². The summed E-state index contributed by atoms with van der Waals surface area (Å²) in [6.07, 6.45) is 10.7. The number of pyridine rings is 2. The first-order valence-corrected chi connectivity index (χ1v) is 12.3. The van der Waals surface area contributed by atoms with Gasteiger partial charge in [-0.1, -0.05) is 37.5 Å². The van der Waals surface area contributed by atoms with Crippen molar-refractivity contribution in [2.75, 3.05) is 13.1 Å². The summed E-state index contributed by atoms with van der Waals surface area (Å²) < 4.78 is 14.7. The summed E-state index contributed by atoms with van der Waals surface area (Å²) in [6.45, 7) is 2.25. The number of nitrogens with one attached hydrogen (secondary N) is 1. The number of hydrogen-bond donors (Lipinski definition) is 2. The number of fused-ring (bicyclic) bond motifs is 1. The molecule has 1 amide bonds. The van der Waals surface area contributed by atoms with Gasteiger partial charge in [0, 0.05) is 49.0 Å². The number of piperidine rings is 1. The van der Waals surface area contributed by atoms with Gasteiger partial charge in [0.2, 0.25) is 0 Å². The number of amides is 1. The van der Waals surface area contributed by atoms with Crippen LogP contribution in [0.5, 0.6) is 0 Å². The Labute approximate surface area is 199 Å². The van der Waals surface area contributed by atoms with Crippen LogP contribution in [0.25, 0.3) is 10.9 Å². The average molecular weight is 462 g/mol. The summed E-state index contributed by atoms with van der Waals surface area (Å²) in [5, 5.41) is 3.87. The van der Waals surface area contributed by atoms with Crippen LogP contribution in [0.4, 0.5) is 4.39 Å². The Morgan fingerprint density at radius 3 is 2.68 bits per heavy atom. The molecule has 1 aliphatic heterocycles. The molecule has 3 heterocycles. The van der Waals surface area contributed by atoms with Gasteiger partial charge in [-0.25, -0.2) is 9.37 Å². The van der Waals surface area contributed by atoms with Crippen LogP contribution in [0.2, 0.25) is 0 Å². The van der Waals surface area contributed by atoms with Crippen LogP contribution in [-0.2, 0) is 12.1 Å². The second kappa shape index (κ2) is 9.76. The molecule has 178 valence electrons. The van der Waals surface area contributed by atoms with Crippen molar-refractivity contribution in [3.05, 3.63) is 71.4 Å². The highest BCUT2D eigenvalue weighted by Gasteiger charge is 2.32. The quantitative estimate of drug-likeness (QED) is 0.592. The third-order valence-corrected chi connectivity index (χ3v) is 7.43. The van der Waals surface area contributed by atoms with Crippen LogP contribution in [0.3, 0.4) is 0 Å². The average Bonchev–Trinajstić information content (AvgIpc) is 2.87. The number of hydrogen-bond acceptors (Lipinski definition) is 5. The van der Waals surface area contributed by atoms with E-state index in [0.717, 1.165) is 68.1 Å². The van der Waals surface area contributed by atoms with Gasteiger partial charge in [0.05, 0.1) is 0 Å². The number of rotatable bonds is 5. The molecule has 0 atom stereocenters. The fourth-order valence-electron chi connectivity index (χ4n) is 5.33. The molecule has 1 aromatic carbocycles. The molecule has 1 saturated heterocycles. The number of carbonyl (C=O) groups is 1. The van der Waals surface area contributed by atoms with Gasteiger partial charge in [-0.15, -0.1) is 0 Å². The molecule has 6 nitrogen and oxygen atoms in total. The third kappa shape index (κ3) is 4.81. The van der Waals surface area contributed by atoms with Gasteiger partial charge in [-0.05, 0) is 55.0 Å². The molecular formula is C27H32FN5O. The minimum Gasteiger partial charge on any atom is -0.348 e. The second-order valence-electron chi connectivity index (χ2n) is 9.79. The van der Waals surface area contributed by atoms with Crippen molar-refractivity contribution in [1.29, 1.82) is 0 Å². The van der Waals surface area contributed by atoms with Crippen LogP contribution in [0, 0.1) is 5.82 Å². The van der Waals surface area contributed by atoms with E-state index >= 15 is 0 Å². The van der Waals surface area contributed by atoms with Crippen LogP contribution < -0.4 is 11.1 Å². The normalized spacial score (nSPS) is 19.2. The Bertz CT molecular complexity index is 1150. The molecule has 2 aliphatic rings. The Morgan fingerprint density at radius 2 is 1.94 bits per heavy atom. The fourth-order valence-corrected chi connectivity index (χ4v) is 5.33. The maximum Gasteiger partial charge on any atom is 0.270 e. The molecule has 2 aromatic heterocycles. The minimum atomic E-state index is -0.401. The maximum absolute atomic E-state index is 14.7. The Hall–Kier alpha value is -2.90. The van der Waals surface area contributed by atoms with Gasteiger partial charge in [-0.2, -0.15) is 0 Å². The van der Waals surface area contributed by atoms with E-state index in [1.807, 2.05) is 30.5 Å². The molecular weight excluding hydrogens is 429 g/mol. The fraction of sp³-hybridized carbons (Fsp3) is 0.444. The third-order valence-electron chi connectivity index (χ3n) is 7.43. The molecule has 0 unspecified atom stereocenters. The van der Waals surface area contributed by atoms with Crippen LogP contribution in [0.15, 0.2) is 48.8 Å². The van der Waals surface area contributed by atoms with E-state index in [2.05, 4.69) is 20.2 Å². The van der Waals surface area contributed by atoms with Crippen molar-refractivity contribution in [2.45, 2.75) is 63.1 Å². The highest BCUT2D eigenvalue weighted by Crippen LogP contribution is 2.31. The first-order chi connectivity index (χ1) is 16.5. The molecule has 0 radical (unpaired) electrons. The smallest absolute Gasteiger partial charge is 0.270 e. The number of carbonyl (C=O) groups excluding carboxylic acids is 1. The second-order valence-corrected chi connectivity index (χ2v) is 9.79. The van der Waals surface area contributed by atoms with E-state index in [1.165, 1.54) is 12.5 Å². The van der Waals surface area contributed by atoms with E-state index in [9.17, 15) is 9.18 Å². The summed E-state index contributed by atoms with van der Waals surface area (Å²) >= 11 is 0. The molecule has 3 N–H and O–H groups in total. The summed E-state index contributed by atoms with van der Waals surface area (Å²) in [7, 11) is 0. The molecule has 0 spiro atoms. The summed E-state index contributed by atoms with van der Waals surface area (Å²) in [6, 6.07) is 11.0. The standard InChI is InChI=1S/C27H32FN5O/c28-23-10-4-9-22-19(16-24(32-25(22)23)26(34)31-21-7-2-1-3-8-21)18-33-14-11-27(29,12-15-33)20-6-5-13-30-17-20/h4-6,9-10,13,16-17,21H,1-3,7-8,11-12,14-15,18,29H2,(H,31,34). The molecule has 2 fully saturated rings. The first-order valence-electron chi connectivity index (χ1n) is 12.3. The molecule has 34 heavy (non-hydrogen) atoms. The maximum atomic E-state index is 14.7. The zero-order valence-corrected chi connectivity index (χ0v) is 19.5. The zero-order valence-electron chi connectivity index (χ0n) is 19.5. The number of nitrogens with two attached hydrogens (primary N) is 1. The summed E-state index contributed by atoms with van der Waals surface area (Å²) in [4.78, 5) is 24.0. The highest BCUT2D eigenvalue weighted by molar-refractivity contribution is 5.96. The van der Waals surface area contributed by atoms with Crippen molar-refractivity contribution in [3.63, 3.8) is 0 Å². The number of para-hydroxylation sites is 1. The lowest BCUT2D eigenvalue weighted by Crippen LogP contribution is -2.47. The minimum absolute atomic E-state index is 0.176. The van der Waals surface area contributed by atoms with E-state index in [-0.39, 0.29) is 23.0 Å². The lowest BCUT2D eigenvalue weighted by molar-refractivity contribution is 0.0922. The first kappa shape index (κ1) is 22.9. The number of halogens is 1. The van der Waals surface area contributed by atoms with E-state index in [4.69, 9.17) is 5.73 Å². The predicted molar refractivity (Wildman–Crippen MR) is 131 cm³/mol. The number of aromatic nitrogens is 2. The monoisotopic (exact) mass is 461 g/mol. The van der Waals surface area contributed by atoms with Crippen molar-refractivity contribution in [1.82, 2.24) is 20.2 Å². The molecule has 0 bridgehead atoms. The SMILES string of the molecule is NC1(c2cccnc2)CCN(Cc2cc(C(=O)NC3CCCCC3)nc3c(F)cccc23)CC1. The van der Waals surface area contributed by atoms with Gasteiger partial charge in [0.25, 0.3) is 5.91 Å². The number of benzene rings is 1. The molecule has 7 heteroatoms. The number of nitrogens with zero attached hydrogens (tertiary/aromatic N) is 3. The van der Waals surface area contributed by atoms with E-state index in [1.54, 1.807) is 12.3 Å². The summed E-state index contributed by atoms with van der Waals surface area (Å²) in [5.41, 5.74) is 8.87. The molecule has 3 aromatic rings. The van der Waals surface area contributed by atoms with Gasteiger partial charge in [0.1, 0.15) is 17.0 Å². The van der Waals surface area contributed by atoms with Crippen molar-refractivity contribution < 1.29 is 9.18 Å². The van der Waals surface area contributed by atoms with Gasteiger partial charge in [-0.3, -0.25) is 14.7 Å². The highest BCUT2D eigenvalue weighted by atomic mass is 19.1. The van der Waals surface area contributed by atoms with E-state index in [0.29, 0.717) is 12.2 Å². The molecule has 1 aliphatic carbocycles. The largest absolute Gasteiger partial charge is 0.348 e. The van der Waals surface area contributed by atoms with Crippen molar-refractivity contribution in [3.8, 4) is 0 Å². The van der Waals surface area contributed by atoms with Gasteiger partial charge < -0.3 is 11.1 Å². The van der Waals surface area contributed by atoms with Crippen LogP contribution in [-0.4, -0.2) is 39.9 Å². The topological polar surface area (TPSA) is 84.1 Å². The molecule has 5 rings (SSSR count). The predicted octanol–water partition coefficient (Wildman–Crippen LogP) is 4.28. The van der Waals surface area contributed by atoms with Crippen molar-refractivity contribution in [2.24, 2.45) is 5.73 Å². The Morgan fingerprint density at radius 1 is 1.15 bits per heavy atom. The van der Waals surface area contributed by atoms with E-state index < -0.39 is 5.82 Å². The molecule has 1 saturated carbocycles. The van der Waals surface area contributed by atoms with Gasteiger partial charge in [0.15, 0.2) is 0 Å². The lowest BCUT2D eigenvalue weighted by Gasteiger charge is -2.39. The van der Waals surface area contributed by atoms with Crippen molar-refractivity contribution >= 4 is 16.8 Å². The Kier molecular flexibility index (Phi) is 6.57. The summed E-state index contributed by atoms with van der Waals surface area (Å²) in [5.74, 6) is -0.614. The van der Waals surface area contributed by atoms with Crippen LogP contribution in [0.1, 0.15) is 66.6 Å². The Balaban J connectivity index is 1.36. The number of likely N-dealkylation sites (tertiary alicyclic amines) is 1. The van der Waals surface area contributed by atoms with Crippen LogP contribution >= 0.6 is 0 Å².